The fourth-order valence-electron chi connectivity index (χ4n) is 2.34. The summed E-state index contributed by atoms with van der Waals surface area (Å²) in [5.41, 5.74) is 1.05. The third-order valence-corrected chi connectivity index (χ3v) is 3.48. The van der Waals surface area contributed by atoms with Crippen LogP contribution in [0.15, 0.2) is 24.3 Å². The summed E-state index contributed by atoms with van der Waals surface area (Å²) in [6.07, 6.45) is 2.62. The predicted molar refractivity (Wildman–Crippen MR) is 70.3 cm³/mol. The van der Waals surface area contributed by atoms with Gasteiger partial charge in [0.1, 0.15) is 6.10 Å². The van der Waals surface area contributed by atoms with E-state index in [9.17, 15) is 9.59 Å². The summed E-state index contributed by atoms with van der Waals surface area (Å²) in [4.78, 5) is 23.1. The van der Waals surface area contributed by atoms with Gasteiger partial charge < -0.3 is 9.47 Å². The number of methoxy groups -OCH3 is 1. The van der Waals surface area contributed by atoms with Gasteiger partial charge in [-0.2, -0.15) is 0 Å². The minimum absolute atomic E-state index is 0.000410. The van der Waals surface area contributed by atoms with Gasteiger partial charge in [0.2, 0.25) is 0 Å². The summed E-state index contributed by atoms with van der Waals surface area (Å²) in [7, 11) is 1.64. The highest BCUT2D eigenvalue weighted by Gasteiger charge is 2.30. The van der Waals surface area contributed by atoms with E-state index < -0.39 is 0 Å². The monoisotopic (exact) mass is 262 g/mol. The summed E-state index contributed by atoms with van der Waals surface area (Å²) in [6.45, 7) is 1.50. The number of ketones is 1. The van der Waals surface area contributed by atoms with Gasteiger partial charge in [0, 0.05) is 12.7 Å². The van der Waals surface area contributed by atoms with Crippen LogP contribution in [0.25, 0.3) is 0 Å². The highest BCUT2D eigenvalue weighted by atomic mass is 16.6. The zero-order valence-electron chi connectivity index (χ0n) is 11.2. The van der Waals surface area contributed by atoms with Crippen molar-refractivity contribution < 1.29 is 19.1 Å². The van der Waals surface area contributed by atoms with E-state index in [1.807, 2.05) is 0 Å². The molecule has 0 amide bonds. The molecule has 0 bridgehead atoms. The molecule has 0 heterocycles. The number of hydrogen-bond donors (Lipinski definition) is 0. The SMILES string of the molecule is CO[C@H]1CCC[C@H]1OC(=O)c1ccc(C(C)=O)cc1. The predicted octanol–water partition coefficient (Wildman–Crippen LogP) is 2.61. The van der Waals surface area contributed by atoms with E-state index >= 15 is 0 Å². The molecule has 102 valence electrons. The van der Waals surface area contributed by atoms with Gasteiger partial charge >= 0.3 is 5.97 Å². The zero-order valence-corrected chi connectivity index (χ0v) is 11.2. The van der Waals surface area contributed by atoms with Crippen LogP contribution in [0.4, 0.5) is 0 Å². The van der Waals surface area contributed by atoms with Gasteiger partial charge in [0.15, 0.2) is 5.78 Å². The van der Waals surface area contributed by atoms with E-state index in [0.29, 0.717) is 11.1 Å². The first-order valence-corrected chi connectivity index (χ1v) is 6.46. The number of carbonyl (C=O) groups excluding carboxylic acids is 2. The van der Waals surface area contributed by atoms with Crippen LogP contribution < -0.4 is 0 Å². The first kappa shape index (κ1) is 13.7. The molecular formula is C15H18O4. The van der Waals surface area contributed by atoms with Crippen LogP contribution in [0.3, 0.4) is 0 Å². The summed E-state index contributed by atoms with van der Waals surface area (Å²) in [5.74, 6) is -0.376. The average molecular weight is 262 g/mol. The number of Topliss-reactive ketones (excluding diaryl/α,β-unsaturated/α-hetero) is 1. The fourth-order valence-corrected chi connectivity index (χ4v) is 2.34. The molecule has 2 atom stereocenters. The smallest absolute Gasteiger partial charge is 0.338 e. The molecule has 1 aromatic carbocycles. The van der Waals surface area contributed by atoms with Crippen LogP contribution in [0, 0.1) is 0 Å². The van der Waals surface area contributed by atoms with Crippen molar-refractivity contribution in [2.24, 2.45) is 0 Å². The van der Waals surface area contributed by atoms with Gasteiger partial charge in [0.25, 0.3) is 0 Å². The quantitative estimate of drug-likeness (QED) is 0.618. The van der Waals surface area contributed by atoms with E-state index in [0.717, 1.165) is 19.3 Å². The van der Waals surface area contributed by atoms with Crippen molar-refractivity contribution in [2.45, 2.75) is 38.4 Å². The summed E-state index contributed by atoms with van der Waals surface area (Å²) in [5, 5.41) is 0. The topological polar surface area (TPSA) is 52.6 Å². The standard InChI is InChI=1S/C15H18O4/c1-10(16)11-6-8-12(9-7-11)15(17)19-14-5-3-4-13(14)18-2/h6-9,13-14H,3-5H2,1-2H3/t13-,14+/m0/s1. The molecule has 1 aliphatic carbocycles. The van der Waals surface area contributed by atoms with E-state index in [1.165, 1.54) is 6.92 Å². The fraction of sp³-hybridized carbons (Fsp3) is 0.467. The number of hydrogen-bond acceptors (Lipinski definition) is 4. The largest absolute Gasteiger partial charge is 0.456 e. The Kier molecular flexibility index (Phi) is 4.32. The van der Waals surface area contributed by atoms with Crippen molar-refractivity contribution in [3.8, 4) is 0 Å². The number of carbonyl (C=O) groups is 2. The molecule has 0 radical (unpaired) electrons. The molecule has 0 spiro atoms. The maximum absolute atomic E-state index is 12.0. The van der Waals surface area contributed by atoms with E-state index in [1.54, 1.807) is 31.4 Å². The second kappa shape index (κ2) is 5.97. The molecule has 0 aromatic heterocycles. The van der Waals surface area contributed by atoms with Crippen molar-refractivity contribution in [1.29, 1.82) is 0 Å². The van der Waals surface area contributed by atoms with Gasteiger partial charge in [-0.15, -0.1) is 0 Å². The number of rotatable bonds is 4. The molecule has 0 unspecified atom stereocenters. The molecule has 2 rings (SSSR count). The van der Waals surface area contributed by atoms with Crippen molar-refractivity contribution in [3.05, 3.63) is 35.4 Å². The second-order valence-corrected chi connectivity index (χ2v) is 4.78. The molecule has 1 aromatic rings. The van der Waals surface area contributed by atoms with Gasteiger partial charge in [-0.25, -0.2) is 4.79 Å². The zero-order chi connectivity index (χ0) is 13.8. The summed E-state index contributed by atoms with van der Waals surface area (Å²) in [6, 6.07) is 6.52. The normalized spacial score (nSPS) is 22.2. The van der Waals surface area contributed by atoms with Crippen LogP contribution in [-0.2, 0) is 9.47 Å². The van der Waals surface area contributed by atoms with Crippen LogP contribution in [-0.4, -0.2) is 31.1 Å². The Morgan fingerprint density at radius 1 is 1.05 bits per heavy atom. The first-order chi connectivity index (χ1) is 9.11. The lowest BCUT2D eigenvalue weighted by Crippen LogP contribution is -2.27. The maximum Gasteiger partial charge on any atom is 0.338 e. The number of ether oxygens (including phenoxy) is 2. The summed E-state index contributed by atoms with van der Waals surface area (Å²) < 4.78 is 10.7. The van der Waals surface area contributed by atoms with Gasteiger partial charge in [0.05, 0.1) is 11.7 Å². The minimum atomic E-state index is -0.357. The van der Waals surface area contributed by atoms with Crippen molar-refractivity contribution in [1.82, 2.24) is 0 Å². The van der Waals surface area contributed by atoms with Crippen LogP contribution in [0.1, 0.15) is 46.9 Å². The van der Waals surface area contributed by atoms with E-state index in [-0.39, 0.29) is 24.0 Å². The van der Waals surface area contributed by atoms with Gasteiger partial charge in [-0.1, -0.05) is 12.1 Å². The Labute approximate surface area is 112 Å². The molecular weight excluding hydrogens is 244 g/mol. The summed E-state index contributed by atoms with van der Waals surface area (Å²) >= 11 is 0. The molecule has 0 N–H and O–H groups in total. The lowest BCUT2D eigenvalue weighted by molar-refractivity contribution is -0.0206. The minimum Gasteiger partial charge on any atom is -0.456 e. The molecule has 1 saturated carbocycles. The Morgan fingerprint density at radius 3 is 2.21 bits per heavy atom. The van der Waals surface area contributed by atoms with Crippen molar-refractivity contribution >= 4 is 11.8 Å². The first-order valence-electron chi connectivity index (χ1n) is 6.46. The molecule has 0 saturated heterocycles. The molecule has 4 heteroatoms. The van der Waals surface area contributed by atoms with Crippen molar-refractivity contribution in [3.63, 3.8) is 0 Å². The Balaban J connectivity index is 2.01. The molecule has 1 fully saturated rings. The highest BCUT2D eigenvalue weighted by Crippen LogP contribution is 2.25. The van der Waals surface area contributed by atoms with Gasteiger partial charge in [-0.05, 0) is 38.3 Å². The highest BCUT2D eigenvalue weighted by molar-refractivity contribution is 5.96. The molecule has 4 nitrogen and oxygen atoms in total. The average Bonchev–Trinajstić information content (AvgIpc) is 2.86. The van der Waals surface area contributed by atoms with Crippen molar-refractivity contribution in [2.75, 3.05) is 7.11 Å². The third-order valence-electron chi connectivity index (χ3n) is 3.48. The van der Waals surface area contributed by atoms with Crippen LogP contribution in [0.2, 0.25) is 0 Å². The third kappa shape index (κ3) is 3.20. The second-order valence-electron chi connectivity index (χ2n) is 4.78. The molecule has 1 aliphatic rings. The lowest BCUT2D eigenvalue weighted by atomic mass is 10.1. The number of benzene rings is 1. The Morgan fingerprint density at radius 2 is 1.63 bits per heavy atom. The van der Waals surface area contributed by atoms with Crippen LogP contribution >= 0.6 is 0 Å². The molecule has 19 heavy (non-hydrogen) atoms. The van der Waals surface area contributed by atoms with E-state index in [4.69, 9.17) is 9.47 Å². The molecule has 0 aliphatic heterocycles. The Hall–Kier alpha value is -1.68. The van der Waals surface area contributed by atoms with E-state index in [2.05, 4.69) is 0 Å². The van der Waals surface area contributed by atoms with Crippen LogP contribution in [0.5, 0.6) is 0 Å². The lowest BCUT2D eigenvalue weighted by Gasteiger charge is -2.18. The Bertz CT molecular complexity index is 464. The maximum atomic E-state index is 12.0. The number of esters is 1. The van der Waals surface area contributed by atoms with Gasteiger partial charge in [-0.3, -0.25) is 4.79 Å².